The molecule has 0 radical (unpaired) electrons. The Morgan fingerprint density at radius 2 is 2.18 bits per heavy atom. The van der Waals surface area contributed by atoms with Gasteiger partial charge in [0.05, 0.1) is 5.56 Å². The molecule has 0 saturated heterocycles. The van der Waals surface area contributed by atoms with Crippen LogP contribution in [-0.2, 0) is 12.6 Å². The van der Waals surface area contributed by atoms with Crippen molar-refractivity contribution in [1.82, 2.24) is 5.32 Å². The molecule has 1 aromatic rings. The first-order valence-corrected chi connectivity index (χ1v) is 5.62. The molecule has 1 heterocycles. The van der Waals surface area contributed by atoms with E-state index in [-0.39, 0.29) is 6.04 Å². The van der Waals surface area contributed by atoms with Gasteiger partial charge in [-0.15, -0.1) is 0 Å². The summed E-state index contributed by atoms with van der Waals surface area (Å²) in [4.78, 5) is 0. The summed E-state index contributed by atoms with van der Waals surface area (Å²) in [7, 11) is 1.84. The van der Waals surface area contributed by atoms with E-state index in [2.05, 4.69) is 10.6 Å². The molecule has 1 aliphatic rings. The number of hydrogen-bond donors (Lipinski definition) is 2. The van der Waals surface area contributed by atoms with E-state index in [1.54, 1.807) is 6.07 Å². The Balaban J connectivity index is 2.20. The second kappa shape index (κ2) is 4.56. The maximum atomic E-state index is 12.8. The zero-order valence-corrected chi connectivity index (χ0v) is 9.56. The third kappa shape index (κ3) is 2.54. The molecule has 94 valence electrons. The number of alkyl halides is 3. The van der Waals surface area contributed by atoms with Crippen LogP contribution in [0, 0.1) is 0 Å². The van der Waals surface area contributed by atoms with Crippen molar-refractivity contribution in [2.45, 2.75) is 25.1 Å². The Morgan fingerprint density at radius 1 is 1.41 bits per heavy atom. The molecule has 17 heavy (non-hydrogen) atoms. The van der Waals surface area contributed by atoms with Gasteiger partial charge in [0.1, 0.15) is 0 Å². The van der Waals surface area contributed by atoms with E-state index in [1.807, 2.05) is 7.05 Å². The van der Waals surface area contributed by atoms with Crippen LogP contribution in [0.1, 0.15) is 17.5 Å². The van der Waals surface area contributed by atoms with Crippen molar-refractivity contribution in [3.05, 3.63) is 29.3 Å². The standard InChI is InChI=1S/C12H15F3N2/c1-16-6-5-8-7-9-10(12(13,14)15)3-2-4-11(9)17-8/h2-4,8,16-17H,5-7H2,1H3. The van der Waals surface area contributed by atoms with Gasteiger partial charge in [-0.05, 0) is 44.1 Å². The molecule has 1 atom stereocenters. The Morgan fingerprint density at radius 3 is 2.82 bits per heavy atom. The van der Waals surface area contributed by atoms with Crippen LogP contribution in [-0.4, -0.2) is 19.6 Å². The maximum absolute atomic E-state index is 12.8. The molecule has 1 aliphatic heterocycles. The smallest absolute Gasteiger partial charge is 0.382 e. The van der Waals surface area contributed by atoms with Gasteiger partial charge in [0, 0.05) is 11.7 Å². The number of benzene rings is 1. The molecule has 1 unspecified atom stereocenters. The summed E-state index contributed by atoms with van der Waals surface area (Å²) < 4.78 is 38.3. The highest BCUT2D eigenvalue weighted by atomic mass is 19.4. The molecular formula is C12H15F3N2. The molecule has 2 rings (SSSR count). The number of halogens is 3. The lowest BCUT2D eigenvalue weighted by Gasteiger charge is -2.10. The van der Waals surface area contributed by atoms with E-state index in [0.717, 1.165) is 19.0 Å². The third-order valence-electron chi connectivity index (χ3n) is 3.03. The van der Waals surface area contributed by atoms with Crippen LogP contribution in [0.2, 0.25) is 0 Å². The molecular weight excluding hydrogens is 229 g/mol. The highest BCUT2D eigenvalue weighted by Gasteiger charge is 2.36. The molecule has 0 amide bonds. The fourth-order valence-corrected chi connectivity index (χ4v) is 2.22. The molecule has 0 aromatic heterocycles. The Hall–Kier alpha value is -1.23. The van der Waals surface area contributed by atoms with Crippen molar-refractivity contribution >= 4 is 5.69 Å². The monoisotopic (exact) mass is 244 g/mol. The minimum atomic E-state index is -4.26. The molecule has 0 spiro atoms. The fourth-order valence-electron chi connectivity index (χ4n) is 2.22. The molecule has 0 fully saturated rings. The highest BCUT2D eigenvalue weighted by Crippen LogP contribution is 2.38. The normalized spacial score (nSPS) is 18.9. The van der Waals surface area contributed by atoms with E-state index in [4.69, 9.17) is 0 Å². The van der Waals surface area contributed by atoms with Gasteiger partial charge in [0.25, 0.3) is 0 Å². The van der Waals surface area contributed by atoms with E-state index in [9.17, 15) is 13.2 Å². The first-order chi connectivity index (χ1) is 8.02. The van der Waals surface area contributed by atoms with Crippen molar-refractivity contribution in [2.24, 2.45) is 0 Å². The number of hydrogen-bond acceptors (Lipinski definition) is 2. The Labute approximate surface area is 98.2 Å². The lowest BCUT2D eigenvalue weighted by atomic mass is 10.0. The summed E-state index contributed by atoms with van der Waals surface area (Å²) in [6, 6.07) is 4.42. The molecule has 1 aromatic carbocycles. The summed E-state index contributed by atoms with van der Waals surface area (Å²) >= 11 is 0. The van der Waals surface area contributed by atoms with Crippen LogP contribution >= 0.6 is 0 Å². The summed E-state index contributed by atoms with van der Waals surface area (Å²) in [5.74, 6) is 0. The SMILES string of the molecule is CNCCC1Cc2c(cccc2C(F)(F)F)N1. The van der Waals surface area contributed by atoms with Crippen LogP contribution < -0.4 is 10.6 Å². The largest absolute Gasteiger partial charge is 0.416 e. The Bertz CT molecular complexity index is 401. The topological polar surface area (TPSA) is 24.1 Å². The first-order valence-electron chi connectivity index (χ1n) is 5.62. The molecule has 0 saturated carbocycles. The minimum Gasteiger partial charge on any atom is -0.382 e. The van der Waals surface area contributed by atoms with Gasteiger partial charge in [0.2, 0.25) is 0 Å². The van der Waals surface area contributed by atoms with Crippen molar-refractivity contribution in [3.63, 3.8) is 0 Å². The number of nitrogens with one attached hydrogen (secondary N) is 2. The molecule has 2 N–H and O–H groups in total. The van der Waals surface area contributed by atoms with E-state index >= 15 is 0 Å². The van der Waals surface area contributed by atoms with Crippen LogP contribution in [0.15, 0.2) is 18.2 Å². The second-order valence-corrected chi connectivity index (χ2v) is 4.27. The zero-order chi connectivity index (χ0) is 12.5. The minimum absolute atomic E-state index is 0.0981. The van der Waals surface area contributed by atoms with E-state index < -0.39 is 11.7 Å². The highest BCUT2D eigenvalue weighted by molar-refractivity contribution is 5.60. The maximum Gasteiger partial charge on any atom is 0.416 e. The number of rotatable bonds is 3. The second-order valence-electron chi connectivity index (χ2n) is 4.27. The summed E-state index contributed by atoms with van der Waals surface area (Å²) in [6.07, 6.45) is -2.99. The molecule has 2 nitrogen and oxygen atoms in total. The zero-order valence-electron chi connectivity index (χ0n) is 9.56. The predicted octanol–water partition coefficient (Wildman–Crippen LogP) is 2.65. The van der Waals surface area contributed by atoms with Gasteiger partial charge >= 0.3 is 6.18 Å². The summed E-state index contributed by atoms with van der Waals surface area (Å²) in [5.41, 5.74) is 0.525. The van der Waals surface area contributed by atoms with E-state index in [0.29, 0.717) is 17.7 Å². The van der Waals surface area contributed by atoms with Gasteiger partial charge in [-0.25, -0.2) is 0 Å². The van der Waals surface area contributed by atoms with Gasteiger partial charge < -0.3 is 10.6 Å². The van der Waals surface area contributed by atoms with Gasteiger partial charge in [0.15, 0.2) is 0 Å². The van der Waals surface area contributed by atoms with E-state index in [1.165, 1.54) is 6.07 Å². The van der Waals surface area contributed by atoms with Crippen LogP contribution in [0.3, 0.4) is 0 Å². The van der Waals surface area contributed by atoms with Gasteiger partial charge in [-0.3, -0.25) is 0 Å². The van der Waals surface area contributed by atoms with Crippen molar-refractivity contribution < 1.29 is 13.2 Å². The molecule has 0 bridgehead atoms. The van der Waals surface area contributed by atoms with Gasteiger partial charge in [-0.1, -0.05) is 6.07 Å². The quantitative estimate of drug-likeness (QED) is 0.854. The third-order valence-corrected chi connectivity index (χ3v) is 3.03. The summed E-state index contributed by atoms with van der Waals surface area (Å²) in [6.45, 7) is 0.799. The van der Waals surface area contributed by atoms with Crippen LogP contribution in [0.5, 0.6) is 0 Å². The lowest BCUT2D eigenvalue weighted by molar-refractivity contribution is -0.138. The number of anilines is 1. The summed E-state index contributed by atoms with van der Waals surface area (Å²) in [5, 5.41) is 6.15. The average molecular weight is 244 g/mol. The average Bonchev–Trinajstić information content (AvgIpc) is 2.66. The first kappa shape index (κ1) is 12.2. The Kier molecular flexibility index (Phi) is 3.28. The molecule has 0 aliphatic carbocycles. The van der Waals surface area contributed by atoms with Crippen LogP contribution in [0.25, 0.3) is 0 Å². The van der Waals surface area contributed by atoms with Crippen LogP contribution in [0.4, 0.5) is 18.9 Å². The predicted molar refractivity (Wildman–Crippen MR) is 61.1 cm³/mol. The molecule has 5 heteroatoms. The van der Waals surface area contributed by atoms with Crippen molar-refractivity contribution in [2.75, 3.05) is 18.9 Å². The van der Waals surface area contributed by atoms with Gasteiger partial charge in [-0.2, -0.15) is 13.2 Å². The van der Waals surface area contributed by atoms with Crippen molar-refractivity contribution in [1.29, 1.82) is 0 Å². The van der Waals surface area contributed by atoms with Crippen molar-refractivity contribution in [3.8, 4) is 0 Å². The fraction of sp³-hybridized carbons (Fsp3) is 0.500. The lowest BCUT2D eigenvalue weighted by Crippen LogP contribution is -2.21. The number of fused-ring (bicyclic) bond motifs is 1.